The molecule has 0 saturated heterocycles. The van der Waals surface area contributed by atoms with E-state index in [1.54, 1.807) is 14.2 Å². The highest BCUT2D eigenvalue weighted by Crippen LogP contribution is 2.42. The van der Waals surface area contributed by atoms with E-state index >= 15 is 0 Å². The minimum atomic E-state index is 0.594. The van der Waals surface area contributed by atoms with E-state index in [1.807, 2.05) is 24.3 Å². The van der Waals surface area contributed by atoms with E-state index in [-0.39, 0.29) is 0 Å². The number of nitriles is 2. The van der Waals surface area contributed by atoms with Crippen LogP contribution in [0.4, 0.5) is 0 Å². The zero-order valence-corrected chi connectivity index (χ0v) is 35.9. The van der Waals surface area contributed by atoms with Gasteiger partial charge < -0.3 is 9.47 Å². The average Bonchev–Trinajstić information content (AvgIpc) is 3.25. The van der Waals surface area contributed by atoms with E-state index in [9.17, 15) is 10.5 Å². The fourth-order valence-corrected chi connectivity index (χ4v) is 10.7. The highest BCUT2D eigenvalue weighted by Gasteiger charge is 2.25. The number of nitrogens with zero attached hydrogens (tertiary/aromatic N) is 2. The van der Waals surface area contributed by atoms with Gasteiger partial charge in [0.25, 0.3) is 0 Å². The zero-order chi connectivity index (χ0) is 40.0. The number of hydrogen-bond acceptors (Lipinski definition) is 5. The lowest BCUT2D eigenvalue weighted by Crippen LogP contribution is -2.13. The summed E-state index contributed by atoms with van der Waals surface area (Å²) in [4.78, 5) is 1.63. The number of ether oxygens (including phenoxy) is 2. The second kappa shape index (κ2) is 21.5. The first kappa shape index (κ1) is 42.4. The van der Waals surface area contributed by atoms with Crippen LogP contribution in [0, 0.1) is 34.5 Å². The normalized spacial score (nSPS) is 19.4. The molecular weight excluding hydrogens is 717 g/mol. The summed E-state index contributed by atoms with van der Waals surface area (Å²) in [6.45, 7) is 4.58. The molecule has 2 aliphatic rings. The lowest BCUT2D eigenvalue weighted by molar-refractivity contribution is 0.303. The third-order valence-corrected chi connectivity index (χ3v) is 14.3. The molecule has 2 saturated carbocycles. The van der Waals surface area contributed by atoms with Crippen LogP contribution in [0.15, 0.2) is 82.6 Å². The molecule has 4 aromatic rings. The first-order chi connectivity index (χ1) is 28.0. The Labute approximate surface area is 348 Å². The van der Waals surface area contributed by atoms with Crippen molar-refractivity contribution in [3.63, 3.8) is 0 Å². The van der Waals surface area contributed by atoms with Crippen molar-refractivity contribution in [2.45, 2.75) is 151 Å². The predicted molar refractivity (Wildman–Crippen MR) is 236 cm³/mol. The van der Waals surface area contributed by atoms with Crippen molar-refractivity contribution in [3.05, 3.63) is 117 Å². The molecule has 0 N–H and O–H groups in total. The number of hydrogen-bond donors (Lipinski definition) is 0. The molecule has 4 aromatic carbocycles. The van der Waals surface area contributed by atoms with Crippen LogP contribution in [-0.2, 0) is 12.8 Å². The molecule has 0 aliphatic heterocycles. The molecule has 2 aliphatic carbocycles. The molecule has 6 rings (SSSR count). The summed E-state index contributed by atoms with van der Waals surface area (Å²) < 4.78 is 11.7. The summed E-state index contributed by atoms with van der Waals surface area (Å²) in [7, 11) is 3.34. The third kappa shape index (κ3) is 11.1. The Balaban J connectivity index is 1.15. The Bertz CT molecular complexity index is 1810. The maximum Gasteiger partial charge on any atom is 0.123 e. The number of benzene rings is 4. The van der Waals surface area contributed by atoms with Gasteiger partial charge in [-0.15, -0.1) is 0 Å². The summed E-state index contributed by atoms with van der Waals surface area (Å²) in [6, 6.07) is 31.0. The summed E-state index contributed by atoms with van der Waals surface area (Å²) in [5.41, 5.74) is 8.14. The zero-order valence-electron chi connectivity index (χ0n) is 35.1. The van der Waals surface area contributed by atoms with E-state index in [1.165, 1.54) is 126 Å². The van der Waals surface area contributed by atoms with Gasteiger partial charge in [-0.25, -0.2) is 0 Å². The fraction of sp³-hybridized carbons (Fsp3) is 0.500. The SMILES string of the molecule is CCCCC[C@H]1CC[C@H](c2ccc(Cc3c(OC)ccc(Sc4ccc(OC)c(Cc5ccc([C@H]6CC[C@H](CCCCC)CC6)cc5)c4C#N)c3C#N)cc2)CC1. The van der Waals surface area contributed by atoms with Crippen LogP contribution in [0.25, 0.3) is 0 Å². The summed E-state index contributed by atoms with van der Waals surface area (Å²) in [5.74, 6) is 4.51. The summed E-state index contributed by atoms with van der Waals surface area (Å²) >= 11 is 1.48. The van der Waals surface area contributed by atoms with Gasteiger partial charge in [0, 0.05) is 33.8 Å². The minimum Gasteiger partial charge on any atom is -0.496 e. The molecule has 4 nitrogen and oxygen atoms in total. The van der Waals surface area contributed by atoms with E-state index in [0.717, 1.165) is 43.9 Å². The lowest BCUT2D eigenvalue weighted by atomic mass is 9.77. The van der Waals surface area contributed by atoms with Crippen LogP contribution in [-0.4, -0.2) is 14.2 Å². The third-order valence-electron chi connectivity index (χ3n) is 13.1. The molecule has 0 heterocycles. The van der Waals surface area contributed by atoms with Crippen LogP contribution in [0.3, 0.4) is 0 Å². The second-order valence-corrected chi connectivity index (χ2v) is 17.9. The Morgan fingerprint density at radius 2 is 0.912 bits per heavy atom. The Kier molecular flexibility index (Phi) is 16.0. The van der Waals surface area contributed by atoms with Gasteiger partial charge in [-0.2, -0.15) is 10.5 Å². The molecule has 5 heteroatoms. The average molecular weight is 781 g/mol. The molecule has 0 spiro atoms. The molecule has 0 atom stereocenters. The predicted octanol–water partition coefficient (Wildman–Crippen LogP) is 14.5. The lowest BCUT2D eigenvalue weighted by Gasteiger charge is -2.29. The summed E-state index contributed by atoms with van der Waals surface area (Å²) in [5, 5.41) is 21.2. The molecule has 300 valence electrons. The topological polar surface area (TPSA) is 66.0 Å². The minimum absolute atomic E-state index is 0.594. The Morgan fingerprint density at radius 3 is 1.25 bits per heavy atom. The van der Waals surface area contributed by atoms with E-state index in [4.69, 9.17) is 9.47 Å². The first-order valence-corrected chi connectivity index (χ1v) is 22.8. The molecule has 57 heavy (non-hydrogen) atoms. The fourth-order valence-electron chi connectivity index (χ4n) is 9.64. The number of unbranched alkanes of at least 4 members (excludes halogenated alkanes) is 4. The quantitative estimate of drug-likeness (QED) is 0.0941. The highest BCUT2D eigenvalue weighted by molar-refractivity contribution is 7.99. The van der Waals surface area contributed by atoms with E-state index < -0.39 is 0 Å². The molecule has 2 fully saturated rings. The van der Waals surface area contributed by atoms with Crippen LogP contribution >= 0.6 is 11.8 Å². The second-order valence-electron chi connectivity index (χ2n) is 16.8. The van der Waals surface area contributed by atoms with Crippen molar-refractivity contribution in [3.8, 4) is 23.6 Å². The number of rotatable bonds is 18. The van der Waals surface area contributed by atoms with Gasteiger partial charge >= 0.3 is 0 Å². The highest BCUT2D eigenvalue weighted by atomic mass is 32.2. The standard InChI is InChI=1S/C52H64N2O2S/c1-5-7-9-11-37-13-21-41(22-14-37)43-25-17-39(18-26-43)33-45-47(35-53)51(31-29-49(45)55-3)57-52-32-30-50(56-4)46(48(52)36-54)34-40-19-27-44(28-20-40)42-23-15-38(16-24-42)12-10-8-6-2/h17-20,25-32,37-38,41-42H,5-16,21-24,33-34H2,1-4H3/t37-,38-,41-,42-. The van der Waals surface area contributed by atoms with Gasteiger partial charge in [-0.3, -0.25) is 0 Å². The molecule has 0 amide bonds. The van der Waals surface area contributed by atoms with Crippen molar-refractivity contribution in [2.24, 2.45) is 11.8 Å². The molecular formula is C52H64N2O2S. The van der Waals surface area contributed by atoms with Crippen molar-refractivity contribution >= 4 is 11.8 Å². The Morgan fingerprint density at radius 1 is 0.526 bits per heavy atom. The van der Waals surface area contributed by atoms with Crippen LogP contribution in [0.1, 0.15) is 173 Å². The van der Waals surface area contributed by atoms with Gasteiger partial charge in [0.2, 0.25) is 0 Å². The van der Waals surface area contributed by atoms with Gasteiger partial charge in [0.15, 0.2) is 0 Å². The molecule has 0 unspecified atom stereocenters. The smallest absolute Gasteiger partial charge is 0.123 e. The van der Waals surface area contributed by atoms with Crippen LogP contribution in [0.2, 0.25) is 0 Å². The maximum atomic E-state index is 10.6. The van der Waals surface area contributed by atoms with Crippen molar-refractivity contribution < 1.29 is 9.47 Å². The van der Waals surface area contributed by atoms with Crippen molar-refractivity contribution in [2.75, 3.05) is 14.2 Å². The number of methoxy groups -OCH3 is 2. The van der Waals surface area contributed by atoms with Gasteiger partial charge in [0.1, 0.15) is 23.6 Å². The largest absolute Gasteiger partial charge is 0.496 e. The monoisotopic (exact) mass is 780 g/mol. The van der Waals surface area contributed by atoms with Gasteiger partial charge in [-0.1, -0.05) is 126 Å². The van der Waals surface area contributed by atoms with Crippen LogP contribution < -0.4 is 9.47 Å². The first-order valence-electron chi connectivity index (χ1n) is 22.0. The maximum absolute atomic E-state index is 10.6. The van der Waals surface area contributed by atoms with Gasteiger partial charge in [0.05, 0.1) is 25.3 Å². The molecule has 0 radical (unpaired) electrons. The van der Waals surface area contributed by atoms with E-state index in [0.29, 0.717) is 47.3 Å². The van der Waals surface area contributed by atoms with Crippen molar-refractivity contribution in [1.82, 2.24) is 0 Å². The molecule has 0 aromatic heterocycles. The van der Waals surface area contributed by atoms with Crippen LogP contribution in [0.5, 0.6) is 11.5 Å². The Hall–Kier alpha value is -4.19. The van der Waals surface area contributed by atoms with Crippen molar-refractivity contribution in [1.29, 1.82) is 10.5 Å². The van der Waals surface area contributed by atoms with Gasteiger partial charge in [-0.05, 0) is 122 Å². The summed E-state index contributed by atoms with van der Waals surface area (Å²) in [6.07, 6.45) is 22.6. The van der Waals surface area contributed by atoms with E-state index in [2.05, 4.69) is 74.5 Å². The molecule has 0 bridgehead atoms.